The van der Waals surface area contributed by atoms with Crippen molar-refractivity contribution in [2.45, 2.75) is 26.3 Å². The summed E-state index contributed by atoms with van der Waals surface area (Å²) in [6.45, 7) is 6.26. The molecule has 1 atom stereocenters. The zero-order valence-electron chi connectivity index (χ0n) is 11.2. The quantitative estimate of drug-likeness (QED) is 0.845. The van der Waals surface area contributed by atoms with E-state index >= 15 is 0 Å². The highest BCUT2D eigenvalue weighted by molar-refractivity contribution is 7.11. The van der Waals surface area contributed by atoms with Crippen LogP contribution < -0.4 is 10.6 Å². The lowest BCUT2D eigenvalue weighted by molar-refractivity contribution is 0.0526. The SMILES string of the molecule is CCOC(=O)c1c(N)nsc1N1CCOCC1CC. The molecule has 1 aromatic heterocycles. The molecular weight excluding hydrogens is 266 g/mol. The van der Waals surface area contributed by atoms with Crippen LogP contribution in [0.1, 0.15) is 30.6 Å². The lowest BCUT2D eigenvalue weighted by atomic mass is 10.1. The third-order valence-corrected chi connectivity index (χ3v) is 4.04. The Balaban J connectivity index is 2.30. The first-order chi connectivity index (χ1) is 9.19. The molecular formula is C12H19N3O3S. The zero-order valence-corrected chi connectivity index (χ0v) is 12.0. The fourth-order valence-corrected chi connectivity index (χ4v) is 3.05. The van der Waals surface area contributed by atoms with E-state index in [-0.39, 0.29) is 11.9 Å². The first kappa shape index (κ1) is 14.1. The Labute approximate surface area is 116 Å². The van der Waals surface area contributed by atoms with Crippen LogP contribution in [-0.4, -0.2) is 42.8 Å². The number of carbonyl (C=O) groups is 1. The number of rotatable bonds is 4. The van der Waals surface area contributed by atoms with Gasteiger partial charge in [0.1, 0.15) is 10.6 Å². The summed E-state index contributed by atoms with van der Waals surface area (Å²) in [5.74, 6) is -0.148. The molecule has 2 heterocycles. The predicted octanol–water partition coefficient (Wildman–Crippen LogP) is 1.52. The second-order valence-electron chi connectivity index (χ2n) is 4.30. The third kappa shape index (κ3) is 2.82. The topological polar surface area (TPSA) is 77.7 Å². The summed E-state index contributed by atoms with van der Waals surface area (Å²) < 4.78 is 14.6. The van der Waals surface area contributed by atoms with Crippen LogP contribution in [0.3, 0.4) is 0 Å². The van der Waals surface area contributed by atoms with Crippen LogP contribution >= 0.6 is 11.5 Å². The largest absolute Gasteiger partial charge is 0.462 e. The van der Waals surface area contributed by atoms with Crippen LogP contribution in [0.2, 0.25) is 0 Å². The first-order valence-electron chi connectivity index (χ1n) is 6.45. The Kier molecular flexibility index (Phi) is 4.60. The summed E-state index contributed by atoms with van der Waals surface area (Å²) in [5.41, 5.74) is 6.20. The minimum atomic E-state index is -0.398. The van der Waals surface area contributed by atoms with Crippen molar-refractivity contribution in [3.63, 3.8) is 0 Å². The van der Waals surface area contributed by atoms with E-state index in [9.17, 15) is 4.79 Å². The molecule has 1 aliphatic heterocycles. The van der Waals surface area contributed by atoms with Crippen molar-refractivity contribution < 1.29 is 14.3 Å². The number of nitrogens with zero attached hydrogens (tertiary/aromatic N) is 2. The predicted molar refractivity (Wildman–Crippen MR) is 74.7 cm³/mol. The van der Waals surface area contributed by atoms with Crippen molar-refractivity contribution in [2.75, 3.05) is 37.0 Å². The Morgan fingerprint density at radius 2 is 2.42 bits per heavy atom. The average molecular weight is 285 g/mol. The number of aromatic nitrogens is 1. The minimum Gasteiger partial charge on any atom is -0.462 e. The van der Waals surface area contributed by atoms with Gasteiger partial charge in [0.2, 0.25) is 0 Å². The molecule has 106 valence electrons. The van der Waals surface area contributed by atoms with Crippen LogP contribution in [0.25, 0.3) is 0 Å². The fraction of sp³-hybridized carbons (Fsp3) is 0.667. The smallest absolute Gasteiger partial charge is 0.345 e. The standard InChI is InChI=1S/C12H19N3O3S/c1-3-8-7-17-6-5-15(8)11-9(10(13)14-19-11)12(16)18-4-2/h8H,3-7H2,1-2H3,(H2,13,14). The van der Waals surface area contributed by atoms with Crippen LogP contribution in [-0.2, 0) is 9.47 Å². The number of esters is 1. The summed E-state index contributed by atoms with van der Waals surface area (Å²) in [6.07, 6.45) is 0.945. The molecule has 19 heavy (non-hydrogen) atoms. The lowest BCUT2D eigenvalue weighted by Crippen LogP contribution is -2.45. The Bertz CT molecular complexity index is 449. The number of morpholine rings is 1. The highest BCUT2D eigenvalue weighted by Gasteiger charge is 2.30. The molecule has 1 fully saturated rings. The van der Waals surface area contributed by atoms with Gasteiger partial charge < -0.3 is 20.1 Å². The maximum atomic E-state index is 12.0. The highest BCUT2D eigenvalue weighted by Crippen LogP contribution is 2.34. The normalized spacial score (nSPS) is 19.5. The molecule has 1 saturated heterocycles. The number of hydrogen-bond acceptors (Lipinski definition) is 7. The van der Waals surface area contributed by atoms with Gasteiger partial charge in [-0.05, 0) is 24.9 Å². The molecule has 7 heteroatoms. The van der Waals surface area contributed by atoms with Gasteiger partial charge in [-0.15, -0.1) is 0 Å². The number of ether oxygens (including phenoxy) is 2. The molecule has 0 spiro atoms. The zero-order chi connectivity index (χ0) is 13.8. The molecule has 6 nitrogen and oxygen atoms in total. The molecule has 1 aromatic rings. The van der Waals surface area contributed by atoms with E-state index in [1.54, 1.807) is 6.92 Å². The van der Waals surface area contributed by atoms with Crippen LogP contribution in [0.4, 0.5) is 10.8 Å². The molecule has 0 aromatic carbocycles. The van der Waals surface area contributed by atoms with Gasteiger partial charge in [0.25, 0.3) is 0 Å². The summed E-state index contributed by atoms with van der Waals surface area (Å²) in [4.78, 5) is 14.1. The van der Waals surface area contributed by atoms with Gasteiger partial charge in [0.15, 0.2) is 5.82 Å². The van der Waals surface area contributed by atoms with Gasteiger partial charge in [0, 0.05) is 6.54 Å². The second-order valence-corrected chi connectivity index (χ2v) is 5.05. The van der Waals surface area contributed by atoms with Gasteiger partial charge >= 0.3 is 5.97 Å². The van der Waals surface area contributed by atoms with Crippen molar-refractivity contribution in [1.29, 1.82) is 0 Å². The number of nitrogen functional groups attached to an aromatic ring is 1. The molecule has 0 amide bonds. The van der Waals surface area contributed by atoms with Gasteiger partial charge in [-0.2, -0.15) is 4.37 Å². The summed E-state index contributed by atoms with van der Waals surface area (Å²) in [7, 11) is 0. The second kappa shape index (κ2) is 6.21. The molecule has 0 saturated carbocycles. The molecule has 1 unspecified atom stereocenters. The molecule has 0 bridgehead atoms. The van der Waals surface area contributed by atoms with Crippen LogP contribution in [0.5, 0.6) is 0 Å². The highest BCUT2D eigenvalue weighted by atomic mass is 32.1. The molecule has 1 aliphatic rings. The van der Waals surface area contributed by atoms with E-state index in [1.807, 2.05) is 0 Å². The molecule has 0 aliphatic carbocycles. The van der Waals surface area contributed by atoms with Crippen LogP contribution in [0, 0.1) is 0 Å². The van der Waals surface area contributed by atoms with Gasteiger partial charge in [-0.1, -0.05) is 6.92 Å². The Morgan fingerprint density at radius 3 is 3.11 bits per heavy atom. The maximum absolute atomic E-state index is 12.0. The van der Waals surface area contributed by atoms with Crippen LogP contribution in [0.15, 0.2) is 0 Å². The first-order valence-corrected chi connectivity index (χ1v) is 7.23. The number of nitrogens with two attached hydrogens (primary N) is 1. The fourth-order valence-electron chi connectivity index (χ4n) is 2.14. The van der Waals surface area contributed by atoms with Crippen molar-refractivity contribution in [3.05, 3.63) is 5.56 Å². The number of anilines is 2. The van der Waals surface area contributed by atoms with Gasteiger partial charge in [-0.25, -0.2) is 4.79 Å². The van der Waals surface area contributed by atoms with E-state index in [0.717, 1.165) is 18.0 Å². The number of carbonyl (C=O) groups excluding carboxylic acids is 1. The summed E-state index contributed by atoms with van der Waals surface area (Å²) in [6, 6.07) is 0.252. The van der Waals surface area contributed by atoms with Crippen molar-refractivity contribution in [2.24, 2.45) is 0 Å². The molecule has 0 radical (unpaired) electrons. The molecule has 2 N–H and O–H groups in total. The van der Waals surface area contributed by atoms with Crippen molar-refractivity contribution in [3.8, 4) is 0 Å². The third-order valence-electron chi connectivity index (χ3n) is 3.14. The molecule has 2 rings (SSSR count). The number of hydrogen-bond donors (Lipinski definition) is 1. The Hall–Kier alpha value is -1.34. The van der Waals surface area contributed by atoms with E-state index in [4.69, 9.17) is 15.2 Å². The van der Waals surface area contributed by atoms with E-state index in [2.05, 4.69) is 16.2 Å². The minimum absolute atomic E-state index is 0.250. The van der Waals surface area contributed by atoms with Crippen molar-refractivity contribution in [1.82, 2.24) is 4.37 Å². The van der Waals surface area contributed by atoms with E-state index in [1.165, 1.54) is 11.5 Å². The Morgan fingerprint density at radius 1 is 1.63 bits per heavy atom. The van der Waals surface area contributed by atoms with Crippen molar-refractivity contribution >= 4 is 28.3 Å². The summed E-state index contributed by atoms with van der Waals surface area (Å²) >= 11 is 1.25. The lowest BCUT2D eigenvalue weighted by Gasteiger charge is -2.35. The van der Waals surface area contributed by atoms with Gasteiger partial charge in [0.05, 0.1) is 25.9 Å². The van der Waals surface area contributed by atoms with E-state index < -0.39 is 5.97 Å². The van der Waals surface area contributed by atoms with E-state index in [0.29, 0.717) is 25.4 Å². The van der Waals surface area contributed by atoms with Gasteiger partial charge in [-0.3, -0.25) is 0 Å². The average Bonchev–Trinajstić information content (AvgIpc) is 2.80. The summed E-state index contributed by atoms with van der Waals surface area (Å²) in [5, 5.41) is 0.797. The maximum Gasteiger partial charge on any atom is 0.345 e. The monoisotopic (exact) mass is 285 g/mol.